The summed E-state index contributed by atoms with van der Waals surface area (Å²) in [4.78, 5) is 25.7. The first-order chi connectivity index (χ1) is 12.1. The Morgan fingerprint density at radius 2 is 1.68 bits per heavy atom. The molecule has 132 valence electrons. The predicted molar refractivity (Wildman–Crippen MR) is 97.5 cm³/mol. The van der Waals surface area contributed by atoms with Crippen molar-refractivity contribution in [1.82, 2.24) is 10.2 Å². The van der Waals surface area contributed by atoms with E-state index in [1.54, 1.807) is 12.1 Å². The maximum Gasteiger partial charge on any atom is 0.254 e. The topological polar surface area (TPSA) is 58.6 Å². The summed E-state index contributed by atoms with van der Waals surface area (Å²) in [6.45, 7) is 5.26. The van der Waals surface area contributed by atoms with Crippen LogP contribution in [0.5, 0.6) is 5.75 Å². The monoisotopic (exact) mass is 340 g/mol. The standard InChI is InChI=1S/C20H24N2O3/c1-3-21-19(23)14-22(4-2)20(24)17-12-10-16(11-13-17)15-25-18-8-6-5-7-9-18/h5-13H,3-4,14-15H2,1-2H3,(H,21,23). The number of carbonyl (C=O) groups is 2. The minimum absolute atomic E-state index is 0.0715. The Bertz CT molecular complexity index is 684. The fourth-order valence-electron chi connectivity index (χ4n) is 2.36. The Kier molecular flexibility index (Phi) is 7.01. The third-order valence-corrected chi connectivity index (χ3v) is 3.73. The third kappa shape index (κ3) is 5.64. The summed E-state index contributed by atoms with van der Waals surface area (Å²) in [6, 6.07) is 16.9. The number of nitrogens with zero attached hydrogens (tertiary/aromatic N) is 1. The smallest absolute Gasteiger partial charge is 0.254 e. The molecule has 0 saturated heterocycles. The lowest BCUT2D eigenvalue weighted by atomic mass is 10.1. The second-order valence-electron chi connectivity index (χ2n) is 5.57. The first-order valence-electron chi connectivity index (χ1n) is 8.46. The van der Waals surface area contributed by atoms with Crippen LogP contribution in [0.3, 0.4) is 0 Å². The van der Waals surface area contributed by atoms with Crippen LogP contribution in [0.15, 0.2) is 54.6 Å². The Balaban J connectivity index is 1.95. The van der Waals surface area contributed by atoms with E-state index in [1.807, 2.05) is 56.3 Å². The van der Waals surface area contributed by atoms with E-state index in [-0.39, 0.29) is 18.4 Å². The lowest BCUT2D eigenvalue weighted by Gasteiger charge is -2.20. The summed E-state index contributed by atoms with van der Waals surface area (Å²) in [7, 11) is 0. The molecule has 5 heteroatoms. The molecule has 25 heavy (non-hydrogen) atoms. The van der Waals surface area contributed by atoms with Crippen LogP contribution < -0.4 is 10.1 Å². The van der Waals surface area contributed by atoms with E-state index in [4.69, 9.17) is 4.74 Å². The molecular weight excluding hydrogens is 316 g/mol. The average Bonchev–Trinajstić information content (AvgIpc) is 2.65. The first-order valence-corrected chi connectivity index (χ1v) is 8.46. The molecule has 0 aliphatic carbocycles. The van der Waals surface area contributed by atoms with Gasteiger partial charge in [-0.25, -0.2) is 0 Å². The van der Waals surface area contributed by atoms with E-state index in [2.05, 4.69) is 5.32 Å². The van der Waals surface area contributed by atoms with Crippen molar-refractivity contribution < 1.29 is 14.3 Å². The van der Waals surface area contributed by atoms with Crippen LogP contribution in [0.2, 0.25) is 0 Å². The molecule has 2 aromatic rings. The molecule has 2 amide bonds. The summed E-state index contributed by atoms with van der Waals surface area (Å²) in [5.74, 6) is 0.511. The normalized spacial score (nSPS) is 10.2. The van der Waals surface area contributed by atoms with Crippen molar-refractivity contribution in [3.63, 3.8) is 0 Å². The van der Waals surface area contributed by atoms with Crippen LogP contribution in [-0.4, -0.2) is 36.3 Å². The summed E-state index contributed by atoms with van der Waals surface area (Å²) >= 11 is 0. The fraction of sp³-hybridized carbons (Fsp3) is 0.300. The number of amides is 2. The molecule has 0 bridgehead atoms. The second-order valence-corrected chi connectivity index (χ2v) is 5.57. The van der Waals surface area contributed by atoms with Gasteiger partial charge in [-0.15, -0.1) is 0 Å². The quantitative estimate of drug-likeness (QED) is 0.804. The molecule has 0 radical (unpaired) electrons. The molecule has 0 unspecified atom stereocenters. The number of hydrogen-bond donors (Lipinski definition) is 1. The molecule has 0 heterocycles. The van der Waals surface area contributed by atoms with Crippen molar-refractivity contribution >= 4 is 11.8 Å². The van der Waals surface area contributed by atoms with Crippen LogP contribution in [-0.2, 0) is 11.4 Å². The lowest BCUT2D eigenvalue weighted by molar-refractivity contribution is -0.121. The molecule has 0 saturated carbocycles. The minimum Gasteiger partial charge on any atom is -0.489 e. The van der Waals surface area contributed by atoms with Crippen molar-refractivity contribution in [3.05, 3.63) is 65.7 Å². The molecule has 5 nitrogen and oxygen atoms in total. The molecule has 0 aliphatic heterocycles. The van der Waals surface area contributed by atoms with Gasteiger partial charge in [0, 0.05) is 18.7 Å². The van der Waals surface area contributed by atoms with E-state index >= 15 is 0 Å². The molecule has 2 aromatic carbocycles. The van der Waals surface area contributed by atoms with Gasteiger partial charge in [-0.3, -0.25) is 9.59 Å². The molecule has 0 spiro atoms. The van der Waals surface area contributed by atoms with Crippen LogP contribution in [0.25, 0.3) is 0 Å². The highest BCUT2D eigenvalue weighted by molar-refractivity contribution is 5.96. The van der Waals surface area contributed by atoms with Gasteiger partial charge in [0.1, 0.15) is 12.4 Å². The van der Waals surface area contributed by atoms with E-state index in [0.717, 1.165) is 11.3 Å². The Labute approximate surface area is 148 Å². The number of hydrogen-bond acceptors (Lipinski definition) is 3. The van der Waals surface area contributed by atoms with Gasteiger partial charge < -0.3 is 15.0 Å². The number of para-hydroxylation sites is 1. The number of benzene rings is 2. The SMILES string of the molecule is CCNC(=O)CN(CC)C(=O)c1ccc(COc2ccccc2)cc1. The van der Waals surface area contributed by atoms with Crippen LogP contribution in [0, 0.1) is 0 Å². The van der Waals surface area contributed by atoms with Crippen LogP contribution in [0.1, 0.15) is 29.8 Å². The number of carbonyl (C=O) groups excluding carboxylic acids is 2. The largest absolute Gasteiger partial charge is 0.489 e. The lowest BCUT2D eigenvalue weighted by Crippen LogP contribution is -2.40. The van der Waals surface area contributed by atoms with Crippen molar-refractivity contribution in [2.45, 2.75) is 20.5 Å². The van der Waals surface area contributed by atoms with Crippen LogP contribution >= 0.6 is 0 Å². The van der Waals surface area contributed by atoms with Crippen molar-refractivity contribution in [3.8, 4) is 5.75 Å². The summed E-state index contributed by atoms with van der Waals surface area (Å²) in [6.07, 6.45) is 0. The molecular formula is C20H24N2O3. The third-order valence-electron chi connectivity index (χ3n) is 3.73. The van der Waals surface area contributed by atoms with E-state index in [9.17, 15) is 9.59 Å². The zero-order valence-corrected chi connectivity index (χ0v) is 14.7. The number of nitrogens with one attached hydrogen (secondary N) is 1. The Morgan fingerprint density at radius 1 is 1.00 bits per heavy atom. The highest BCUT2D eigenvalue weighted by Gasteiger charge is 2.16. The number of rotatable bonds is 8. The van der Waals surface area contributed by atoms with Gasteiger partial charge in [0.2, 0.25) is 5.91 Å². The maximum atomic E-state index is 12.5. The predicted octanol–water partition coefficient (Wildman–Crippen LogP) is 2.86. The maximum absolute atomic E-state index is 12.5. The van der Waals surface area contributed by atoms with E-state index < -0.39 is 0 Å². The van der Waals surface area contributed by atoms with Gasteiger partial charge in [-0.05, 0) is 43.7 Å². The highest BCUT2D eigenvalue weighted by Crippen LogP contribution is 2.13. The first kappa shape index (κ1) is 18.5. The zero-order valence-electron chi connectivity index (χ0n) is 14.7. The molecule has 0 aromatic heterocycles. The van der Waals surface area contributed by atoms with Crippen molar-refractivity contribution in [1.29, 1.82) is 0 Å². The van der Waals surface area contributed by atoms with Gasteiger partial charge in [0.05, 0.1) is 6.54 Å². The molecule has 2 rings (SSSR count). The van der Waals surface area contributed by atoms with Crippen molar-refractivity contribution in [2.24, 2.45) is 0 Å². The summed E-state index contributed by atoms with van der Waals surface area (Å²) in [5.41, 5.74) is 1.54. The van der Waals surface area contributed by atoms with Crippen LogP contribution in [0.4, 0.5) is 0 Å². The fourth-order valence-corrected chi connectivity index (χ4v) is 2.36. The molecule has 0 aliphatic rings. The van der Waals surface area contributed by atoms with Gasteiger partial charge >= 0.3 is 0 Å². The Morgan fingerprint density at radius 3 is 2.28 bits per heavy atom. The molecule has 0 atom stereocenters. The zero-order chi connectivity index (χ0) is 18.1. The molecule has 1 N–H and O–H groups in total. The van der Waals surface area contributed by atoms with Gasteiger partial charge in [0.15, 0.2) is 0 Å². The van der Waals surface area contributed by atoms with Gasteiger partial charge in [-0.2, -0.15) is 0 Å². The average molecular weight is 340 g/mol. The van der Waals surface area contributed by atoms with E-state index in [1.165, 1.54) is 4.90 Å². The van der Waals surface area contributed by atoms with Gasteiger partial charge in [0.25, 0.3) is 5.91 Å². The number of likely N-dealkylation sites (N-methyl/N-ethyl adjacent to an activating group) is 2. The molecule has 0 fully saturated rings. The summed E-state index contributed by atoms with van der Waals surface area (Å²) < 4.78 is 5.69. The van der Waals surface area contributed by atoms with Crippen molar-refractivity contribution in [2.75, 3.05) is 19.6 Å². The van der Waals surface area contributed by atoms with E-state index in [0.29, 0.717) is 25.3 Å². The number of ether oxygens (including phenoxy) is 1. The Hall–Kier alpha value is -2.82. The summed E-state index contributed by atoms with van der Waals surface area (Å²) in [5, 5.41) is 2.71. The minimum atomic E-state index is -0.149. The second kappa shape index (κ2) is 9.47. The van der Waals surface area contributed by atoms with Gasteiger partial charge in [-0.1, -0.05) is 30.3 Å². The highest BCUT2D eigenvalue weighted by atomic mass is 16.5.